The average Bonchev–Trinajstić information content (AvgIpc) is 2.52. The van der Waals surface area contributed by atoms with Gasteiger partial charge in [0.25, 0.3) is 0 Å². The summed E-state index contributed by atoms with van der Waals surface area (Å²) in [4.78, 5) is 4.36. The van der Waals surface area contributed by atoms with Gasteiger partial charge in [-0.3, -0.25) is 4.98 Å². The zero-order valence-electron chi connectivity index (χ0n) is 14.1. The van der Waals surface area contributed by atoms with E-state index >= 15 is 0 Å². The predicted molar refractivity (Wildman–Crippen MR) is 90.4 cm³/mol. The molecule has 1 aliphatic carbocycles. The summed E-state index contributed by atoms with van der Waals surface area (Å²) in [6, 6.07) is 2.64. The van der Waals surface area contributed by atoms with Crippen LogP contribution in [0.1, 0.15) is 76.0 Å². The van der Waals surface area contributed by atoms with Crippen molar-refractivity contribution in [3.8, 4) is 0 Å². The molecular weight excluding hydrogens is 256 g/mol. The number of rotatable bonds is 7. The van der Waals surface area contributed by atoms with E-state index in [0.717, 1.165) is 18.4 Å². The van der Waals surface area contributed by atoms with Gasteiger partial charge in [-0.2, -0.15) is 0 Å². The number of nitrogens with zero attached hydrogens (tertiary/aromatic N) is 1. The molecule has 1 atom stereocenters. The lowest BCUT2D eigenvalue weighted by atomic mass is 9.75. The maximum atomic E-state index is 4.36. The fourth-order valence-electron chi connectivity index (χ4n) is 3.86. The van der Waals surface area contributed by atoms with E-state index in [4.69, 9.17) is 0 Å². The molecule has 1 heterocycles. The van der Waals surface area contributed by atoms with Crippen LogP contribution in [0.15, 0.2) is 18.5 Å². The monoisotopic (exact) mass is 288 g/mol. The molecular formula is C19H32N2. The molecule has 1 aliphatic rings. The van der Waals surface area contributed by atoms with Crippen LogP contribution in [0.3, 0.4) is 0 Å². The Kier molecular flexibility index (Phi) is 6.69. The first-order valence-corrected chi connectivity index (χ1v) is 8.90. The molecule has 0 bridgehead atoms. The lowest BCUT2D eigenvalue weighted by Gasteiger charge is -2.35. The highest BCUT2D eigenvalue weighted by molar-refractivity contribution is 5.25. The second-order valence-electron chi connectivity index (χ2n) is 6.69. The molecule has 2 nitrogen and oxygen atoms in total. The van der Waals surface area contributed by atoms with Crippen LogP contribution in [-0.4, -0.2) is 11.5 Å². The first-order chi connectivity index (χ1) is 10.3. The molecule has 0 aromatic carbocycles. The summed E-state index contributed by atoms with van der Waals surface area (Å²) in [7, 11) is 0. The lowest BCUT2D eigenvalue weighted by molar-refractivity contribution is 0.213. The quantitative estimate of drug-likeness (QED) is 0.760. The van der Waals surface area contributed by atoms with Crippen LogP contribution in [0.25, 0.3) is 0 Å². The van der Waals surface area contributed by atoms with Crippen molar-refractivity contribution in [2.75, 3.05) is 6.54 Å². The van der Waals surface area contributed by atoms with E-state index in [2.05, 4.69) is 43.3 Å². The number of aromatic nitrogens is 1. The van der Waals surface area contributed by atoms with E-state index in [1.807, 2.05) is 6.20 Å². The van der Waals surface area contributed by atoms with Crippen molar-refractivity contribution in [1.29, 1.82) is 0 Å². The Balaban J connectivity index is 1.99. The molecule has 118 valence electrons. The minimum Gasteiger partial charge on any atom is -0.310 e. The maximum absolute atomic E-state index is 4.36. The Morgan fingerprint density at radius 2 is 2.00 bits per heavy atom. The van der Waals surface area contributed by atoms with Crippen molar-refractivity contribution in [3.63, 3.8) is 0 Å². The summed E-state index contributed by atoms with van der Waals surface area (Å²) in [6.07, 6.45) is 13.8. The second kappa shape index (κ2) is 8.53. The Hall–Kier alpha value is -0.890. The van der Waals surface area contributed by atoms with Crippen molar-refractivity contribution in [2.45, 2.75) is 71.8 Å². The third-order valence-corrected chi connectivity index (χ3v) is 5.17. The van der Waals surface area contributed by atoms with E-state index in [1.54, 1.807) is 0 Å². The van der Waals surface area contributed by atoms with Gasteiger partial charge in [-0.25, -0.2) is 0 Å². The Morgan fingerprint density at radius 1 is 1.24 bits per heavy atom. The van der Waals surface area contributed by atoms with Crippen LogP contribution in [0.2, 0.25) is 0 Å². The van der Waals surface area contributed by atoms with Gasteiger partial charge in [0.05, 0.1) is 0 Å². The van der Waals surface area contributed by atoms with Gasteiger partial charge in [0.2, 0.25) is 0 Å². The first kappa shape index (κ1) is 16.5. The summed E-state index contributed by atoms with van der Waals surface area (Å²) in [5.41, 5.74) is 2.79. The zero-order chi connectivity index (χ0) is 15.1. The van der Waals surface area contributed by atoms with Gasteiger partial charge >= 0.3 is 0 Å². The summed E-state index contributed by atoms with van der Waals surface area (Å²) < 4.78 is 0. The highest BCUT2D eigenvalue weighted by atomic mass is 14.9. The van der Waals surface area contributed by atoms with Crippen molar-refractivity contribution >= 4 is 0 Å². The van der Waals surface area contributed by atoms with Gasteiger partial charge < -0.3 is 5.32 Å². The smallest absolute Gasteiger partial charge is 0.0366 e. The molecule has 1 N–H and O–H groups in total. The lowest BCUT2D eigenvalue weighted by Crippen LogP contribution is -2.31. The van der Waals surface area contributed by atoms with Gasteiger partial charge in [-0.05, 0) is 55.3 Å². The first-order valence-electron chi connectivity index (χ1n) is 8.90. The fraction of sp³-hybridized carbons (Fsp3) is 0.737. The standard InChI is InChI=1S/C19H32N2/c1-4-6-7-16-8-10-17(11-9-16)19(21-5-2)18-14-20-13-12-15(18)3/h12-14,16-17,19,21H,4-11H2,1-3H3. The van der Waals surface area contributed by atoms with Crippen LogP contribution in [0, 0.1) is 18.8 Å². The second-order valence-corrected chi connectivity index (χ2v) is 6.69. The summed E-state index contributed by atoms with van der Waals surface area (Å²) in [5.74, 6) is 1.77. The summed E-state index contributed by atoms with van der Waals surface area (Å²) >= 11 is 0. The molecule has 1 aromatic heterocycles. The predicted octanol–water partition coefficient (Wildman–Crippen LogP) is 5.04. The van der Waals surface area contributed by atoms with E-state index in [9.17, 15) is 0 Å². The maximum Gasteiger partial charge on any atom is 0.0366 e. The topological polar surface area (TPSA) is 24.9 Å². The van der Waals surface area contributed by atoms with Crippen LogP contribution < -0.4 is 5.32 Å². The molecule has 1 fully saturated rings. The van der Waals surface area contributed by atoms with Gasteiger partial charge in [-0.1, -0.05) is 46.0 Å². The van der Waals surface area contributed by atoms with Gasteiger partial charge in [0.15, 0.2) is 0 Å². The number of hydrogen-bond donors (Lipinski definition) is 1. The molecule has 0 aliphatic heterocycles. The van der Waals surface area contributed by atoms with Gasteiger partial charge in [0, 0.05) is 18.4 Å². The molecule has 1 unspecified atom stereocenters. The SMILES string of the molecule is CCCCC1CCC(C(NCC)c2cnccc2C)CC1. The van der Waals surface area contributed by atoms with Gasteiger partial charge in [0.1, 0.15) is 0 Å². The van der Waals surface area contributed by atoms with Crippen molar-refractivity contribution in [2.24, 2.45) is 11.8 Å². The highest BCUT2D eigenvalue weighted by Crippen LogP contribution is 2.39. The minimum absolute atomic E-state index is 0.496. The molecule has 0 spiro atoms. The molecule has 1 aromatic rings. The number of nitrogens with one attached hydrogen (secondary N) is 1. The molecule has 0 amide bonds. The molecule has 21 heavy (non-hydrogen) atoms. The molecule has 2 heteroatoms. The number of hydrogen-bond acceptors (Lipinski definition) is 2. The summed E-state index contributed by atoms with van der Waals surface area (Å²) in [5, 5.41) is 3.73. The average molecular weight is 288 g/mol. The number of pyridine rings is 1. The van der Waals surface area contributed by atoms with Crippen molar-refractivity contribution in [1.82, 2.24) is 10.3 Å². The minimum atomic E-state index is 0.496. The highest BCUT2D eigenvalue weighted by Gasteiger charge is 2.28. The molecule has 2 rings (SSSR count). The van der Waals surface area contributed by atoms with E-state index in [0.29, 0.717) is 6.04 Å². The number of aryl methyl sites for hydroxylation is 1. The third kappa shape index (κ3) is 4.54. The van der Waals surface area contributed by atoms with Crippen LogP contribution >= 0.6 is 0 Å². The normalized spacial score (nSPS) is 24.0. The van der Waals surface area contributed by atoms with E-state index in [1.165, 1.54) is 56.1 Å². The Labute approximate surface area is 130 Å². The van der Waals surface area contributed by atoms with Crippen LogP contribution in [-0.2, 0) is 0 Å². The van der Waals surface area contributed by atoms with Crippen LogP contribution in [0.4, 0.5) is 0 Å². The van der Waals surface area contributed by atoms with Crippen molar-refractivity contribution < 1.29 is 0 Å². The Morgan fingerprint density at radius 3 is 2.62 bits per heavy atom. The fourth-order valence-corrected chi connectivity index (χ4v) is 3.86. The largest absolute Gasteiger partial charge is 0.310 e. The number of unbranched alkanes of at least 4 members (excludes halogenated alkanes) is 1. The van der Waals surface area contributed by atoms with E-state index in [-0.39, 0.29) is 0 Å². The zero-order valence-corrected chi connectivity index (χ0v) is 14.1. The molecule has 0 radical (unpaired) electrons. The summed E-state index contributed by atoms with van der Waals surface area (Å²) in [6.45, 7) is 7.77. The van der Waals surface area contributed by atoms with Crippen LogP contribution in [0.5, 0.6) is 0 Å². The van der Waals surface area contributed by atoms with Gasteiger partial charge in [-0.15, -0.1) is 0 Å². The van der Waals surface area contributed by atoms with Crippen molar-refractivity contribution in [3.05, 3.63) is 29.6 Å². The molecule has 0 saturated heterocycles. The molecule has 1 saturated carbocycles. The Bertz CT molecular complexity index is 408. The van der Waals surface area contributed by atoms with E-state index < -0.39 is 0 Å². The third-order valence-electron chi connectivity index (χ3n) is 5.17.